The number of hydrogen-bond donors (Lipinski definition) is 0. The zero-order valence-electron chi connectivity index (χ0n) is 24.5. The van der Waals surface area contributed by atoms with Crippen LogP contribution in [0.5, 0.6) is 0 Å². The van der Waals surface area contributed by atoms with Crippen molar-refractivity contribution >= 4 is 44.2 Å². The molecule has 246 valence electrons. The number of anilines is 1. The maximum atomic E-state index is 15.2. The van der Waals surface area contributed by atoms with Crippen LogP contribution >= 0.6 is 11.6 Å². The number of nitrogens with zero attached hydrogens (tertiary/aromatic N) is 6. The van der Waals surface area contributed by atoms with Gasteiger partial charge in [-0.3, -0.25) is 9.78 Å². The number of carbonyl (C=O) groups is 1. The molecule has 1 amide bonds. The fraction of sp³-hybridized carbons (Fsp3) is 0.300. The van der Waals surface area contributed by atoms with E-state index in [0.717, 1.165) is 22.9 Å². The van der Waals surface area contributed by atoms with Gasteiger partial charge in [0.2, 0.25) is 5.91 Å². The molecule has 0 radical (unpaired) electrons. The quantitative estimate of drug-likeness (QED) is 0.217. The molecule has 17 heteroatoms. The minimum absolute atomic E-state index is 0.0330. The van der Waals surface area contributed by atoms with Gasteiger partial charge in [0.1, 0.15) is 16.9 Å². The van der Waals surface area contributed by atoms with Gasteiger partial charge in [0, 0.05) is 37.4 Å². The number of hydrogen-bond acceptors (Lipinski definition) is 9. The third kappa shape index (κ3) is 5.63. The highest BCUT2D eigenvalue weighted by molar-refractivity contribution is 7.92. The fourth-order valence-corrected chi connectivity index (χ4v) is 7.52. The SMILES string of the molecule is C=CC(=O)N1CCN(c2nc(=O)n(-c3cnccc3S(=O)(=O)C3COC3)c3nc(-c4c(F)cccc4C(F)(F)F)c(Cl)cc23)[C@@H](C)C1. The molecule has 1 aromatic carbocycles. The molecule has 1 atom stereocenters. The second-order valence-corrected chi connectivity index (χ2v) is 13.6. The number of rotatable bonds is 6. The zero-order chi connectivity index (χ0) is 33.8. The summed E-state index contributed by atoms with van der Waals surface area (Å²) in [6, 6.07) is 4.35. The van der Waals surface area contributed by atoms with Crippen molar-refractivity contribution in [3.05, 3.63) is 82.3 Å². The van der Waals surface area contributed by atoms with E-state index in [1.54, 1.807) is 16.7 Å². The number of benzene rings is 1. The van der Waals surface area contributed by atoms with E-state index in [4.69, 9.17) is 16.3 Å². The van der Waals surface area contributed by atoms with E-state index in [9.17, 15) is 31.2 Å². The van der Waals surface area contributed by atoms with Crippen LogP contribution in [-0.4, -0.2) is 82.9 Å². The molecule has 2 aliphatic rings. The van der Waals surface area contributed by atoms with Crippen LogP contribution in [0.3, 0.4) is 0 Å². The molecule has 0 saturated carbocycles. The lowest BCUT2D eigenvalue weighted by Crippen LogP contribution is -2.54. The number of aromatic nitrogens is 4. The molecule has 2 fully saturated rings. The van der Waals surface area contributed by atoms with E-state index in [1.165, 1.54) is 24.4 Å². The van der Waals surface area contributed by atoms with Crippen LogP contribution in [0, 0.1) is 5.82 Å². The summed E-state index contributed by atoms with van der Waals surface area (Å²) in [7, 11) is -4.10. The van der Waals surface area contributed by atoms with Gasteiger partial charge in [-0.05, 0) is 37.3 Å². The second-order valence-electron chi connectivity index (χ2n) is 11.0. The van der Waals surface area contributed by atoms with Crippen LogP contribution in [0.15, 0.2) is 65.1 Å². The molecule has 2 saturated heterocycles. The molecular formula is C30H25ClF4N6O5S. The fourth-order valence-electron chi connectivity index (χ4n) is 5.67. The highest BCUT2D eigenvalue weighted by atomic mass is 35.5. The van der Waals surface area contributed by atoms with Gasteiger partial charge in [-0.25, -0.2) is 27.2 Å². The van der Waals surface area contributed by atoms with Gasteiger partial charge < -0.3 is 14.5 Å². The second kappa shape index (κ2) is 12.0. The maximum absolute atomic E-state index is 15.2. The third-order valence-electron chi connectivity index (χ3n) is 8.10. The number of sulfone groups is 1. The number of fused-ring (bicyclic) bond motifs is 1. The third-order valence-corrected chi connectivity index (χ3v) is 10.5. The smallest absolute Gasteiger partial charge is 0.379 e. The standard InChI is InChI=1S/C30H25ClF4N6O5S/c1-3-24(42)39-9-10-40(16(2)13-39)27-18-11-20(31)26(25-19(30(33,34)35)5-4-6-21(25)32)37-28(18)41(29(43)38-27)22-12-36-8-7-23(22)47(44,45)17-14-46-15-17/h3-8,11-12,16-17H,1,9-10,13-15H2,2H3/t16-/m0/s1. The van der Waals surface area contributed by atoms with Gasteiger partial charge in [-0.2, -0.15) is 18.2 Å². The predicted octanol–water partition coefficient (Wildman–Crippen LogP) is 4.05. The number of ether oxygens (including phenoxy) is 1. The van der Waals surface area contributed by atoms with Crippen LogP contribution in [0.1, 0.15) is 12.5 Å². The van der Waals surface area contributed by atoms with E-state index in [-0.39, 0.29) is 71.2 Å². The Bertz CT molecular complexity index is 2110. The van der Waals surface area contributed by atoms with Gasteiger partial charge in [-0.1, -0.05) is 24.2 Å². The Hall–Kier alpha value is -4.41. The minimum Gasteiger partial charge on any atom is -0.379 e. The van der Waals surface area contributed by atoms with E-state index in [1.807, 2.05) is 0 Å². The lowest BCUT2D eigenvalue weighted by molar-refractivity contribution is -0.137. The van der Waals surface area contributed by atoms with Crippen molar-refractivity contribution < 1.29 is 35.5 Å². The molecule has 3 aromatic heterocycles. The summed E-state index contributed by atoms with van der Waals surface area (Å²) >= 11 is 6.56. The van der Waals surface area contributed by atoms with Crippen molar-refractivity contribution in [2.24, 2.45) is 0 Å². The van der Waals surface area contributed by atoms with E-state index in [2.05, 4.69) is 21.5 Å². The average Bonchev–Trinajstić information content (AvgIpc) is 2.99. The first-order chi connectivity index (χ1) is 22.2. The van der Waals surface area contributed by atoms with E-state index < -0.39 is 55.6 Å². The first-order valence-electron chi connectivity index (χ1n) is 14.2. The normalized spacial score (nSPS) is 17.5. The largest absolute Gasteiger partial charge is 0.417 e. The maximum Gasteiger partial charge on any atom is 0.417 e. The van der Waals surface area contributed by atoms with Crippen molar-refractivity contribution in [1.29, 1.82) is 0 Å². The zero-order valence-corrected chi connectivity index (χ0v) is 26.1. The lowest BCUT2D eigenvalue weighted by Gasteiger charge is -2.40. The van der Waals surface area contributed by atoms with Gasteiger partial charge in [-0.15, -0.1) is 0 Å². The Balaban J connectivity index is 1.66. The molecule has 11 nitrogen and oxygen atoms in total. The number of piperazine rings is 1. The summed E-state index contributed by atoms with van der Waals surface area (Å²) in [5, 5.41) is -1.25. The van der Waals surface area contributed by atoms with Crippen LogP contribution in [0.4, 0.5) is 23.4 Å². The van der Waals surface area contributed by atoms with Crippen LogP contribution in [-0.2, 0) is 25.5 Å². The van der Waals surface area contributed by atoms with Crippen molar-refractivity contribution in [2.45, 2.75) is 29.3 Å². The van der Waals surface area contributed by atoms with Crippen LogP contribution in [0.2, 0.25) is 5.02 Å². The minimum atomic E-state index is -5.01. The Morgan fingerprint density at radius 3 is 2.55 bits per heavy atom. The molecule has 2 aliphatic heterocycles. The van der Waals surface area contributed by atoms with Gasteiger partial charge in [0.05, 0.1) is 51.7 Å². The van der Waals surface area contributed by atoms with E-state index in [0.29, 0.717) is 6.07 Å². The predicted molar refractivity (Wildman–Crippen MR) is 164 cm³/mol. The summed E-state index contributed by atoms with van der Waals surface area (Å²) in [6.45, 7) is 5.74. The van der Waals surface area contributed by atoms with Crippen molar-refractivity contribution in [2.75, 3.05) is 37.7 Å². The summed E-state index contributed by atoms with van der Waals surface area (Å²) in [5.41, 5.74) is -4.61. The Labute approximate surface area is 270 Å². The monoisotopic (exact) mass is 692 g/mol. The number of carbonyl (C=O) groups excluding carboxylic acids is 1. The van der Waals surface area contributed by atoms with Crippen molar-refractivity contribution in [1.82, 2.24) is 24.4 Å². The number of pyridine rings is 2. The molecule has 6 rings (SSSR count). The Morgan fingerprint density at radius 1 is 1.17 bits per heavy atom. The van der Waals surface area contributed by atoms with Crippen molar-refractivity contribution in [3.63, 3.8) is 0 Å². The van der Waals surface area contributed by atoms with Crippen molar-refractivity contribution in [3.8, 4) is 16.9 Å². The molecule has 0 bridgehead atoms. The molecule has 4 aromatic rings. The molecule has 5 heterocycles. The number of alkyl halides is 3. The Kier molecular flexibility index (Phi) is 8.30. The topological polar surface area (TPSA) is 128 Å². The van der Waals surface area contributed by atoms with E-state index >= 15 is 4.39 Å². The molecule has 0 unspecified atom stereocenters. The molecule has 47 heavy (non-hydrogen) atoms. The van der Waals surface area contributed by atoms with Gasteiger partial charge >= 0.3 is 11.9 Å². The first-order valence-corrected chi connectivity index (χ1v) is 16.1. The lowest BCUT2D eigenvalue weighted by atomic mass is 10.0. The molecule has 0 aliphatic carbocycles. The van der Waals surface area contributed by atoms with Gasteiger partial charge in [0.25, 0.3) is 0 Å². The molecular weight excluding hydrogens is 668 g/mol. The number of halogens is 5. The summed E-state index contributed by atoms with van der Waals surface area (Å²) < 4.78 is 90.5. The molecule has 0 spiro atoms. The average molecular weight is 693 g/mol. The Morgan fingerprint density at radius 2 is 1.91 bits per heavy atom. The summed E-state index contributed by atoms with van der Waals surface area (Å²) in [4.78, 5) is 41.8. The van der Waals surface area contributed by atoms with Gasteiger partial charge in [0.15, 0.2) is 15.5 Å². The van der Waals surface area contributed by atoms with Crippen LogP contribution in [0.25, 0.3) is 28.0 Å². The molecule has 0 N–H and O–H groups in total. The van der Waals surface area contributed by atoms with Crippen LogP contribution < -0.4 is 10.6 Å². The highest BCUT2D eigenvalue weighted by Crippen LogP contribution is 2.42. The number of amides is 1. The summed E-state index contributed by atoms with van der Waals surface area (Å²) in [6.07, 6.45) is -1.53. The first kappa shape index (κ1) is 32.5. The highest BCUT2D eigenvalue weighted by Gasteiger charge is 2.38. The summed E-state index contributed by atoms with van der Waals surface area (Å²) in [5.74, 6) is -1.54.